The lowest BCUT2D eigenvalue weighted by Crippen LogP contribution is -2.14. The molecule has 86 valence electrons. The lowest BCUT2D eigenvalue weighted by atomic mass is 10.3. The van der Waals surface area contributed by atoms with Gasteiger partial charge < -0.3 is 9.84 Å². The van der Waals surface area contributed by atoms with E-state index in [-0.39, 0.29) is 5.91 Å². The van der Waals surface area contributed by atoms with Gasteiger partial charge in [-0.3, -0.25) is 9.20 Å². The molecule has 0 atom stereocenters. The Kier molecular flexibility index (Phi) is 2.19. The van der Waals surface area contributed by atoms with E-state index in [9.17, 15) is 4.79 Å². The first-order valence-corrected chi connectivity index (χ1v) is 5.75. The maximum absolute atomic E-state index is 12.0. The van der Waals surface area contributed by atoms with Gasteiger partial charge in [0, 0.05) is 10.9 Å². The monoisotopic (exact) mass is 248 g/mol. The second-order valence-electron chi connectivity index (χ2n) is 3.52. The van der Waals surface area contributed by atoms with Crippen molar-refractivity contribution >= 4 is 27.9 Å². The van der Waals surface area contributed by atoms with E-state index in [1.807, 2.05) is 6.92 Å². The molecule has 0 saturated heterocycles. The van der Waals surface area contributed by atoms with Crippen LogP contribution in [0.5, 0.6) is 0 Å². The van der Waals surface area contributed by atoms with Gasteiger partial charge in [-0.1, -0.05) is 5.16 Å². The van der Waals surface area contributed by atoms with Crippen LogP contribution in [0, 0.1) is 6.92 Å². The topological polar surface area (TPSA) is 72.4 Å². The van der Waals surface area contributed by atoms with Crippen molar-refractivity contribution < 1.29 is 9.32 Å². The molecule has 0 aliphatic heterocycles. The van der Waals surface area contributed by atoms with Crippen molar-refractivity contribution in [3.63, 3.8) is 0 Å². The number of hydrogen-bond donors (Lipinski definition) is 1. The summed E-state index contributed by atoms with van der Waals surface area (Å²) >= 11 is 1.46. The van der Waals surface area contributed by atoms with E-state index in [4.69, 9.17) is 4.52 Å². The van der Waals surface area contributed by atoms with E-state index in [0.717, 1.165) is 10.4 Å². The van der Waals surface area contributed by atoms with Crippen LogP contribution >= 0.6 is 11.3 Å². The first-order chi connectivity index (χ1) is 8.25. The van der Waals surface area contributed by atoms with Gasteiger partial charge >= 0.3 is 0 Å². The van der Waals surface area contributed by atoms with Gasteiger partial charge in [-0.2, -0.15) is 0 Å². The Morgan fingerprint density at radius 1 is 1.59 bits per heavy atom. The summed E-state index contributed by atoms with van der Waals surface area (Å²) in [4.78, 5) is 16.9. The van der Waals surface area contributed by atoms with Crippen LogP contribution in [0.4, 0.5) is 5.82 Å². The summed E-state index contributed by atoms with van der Waals surface area (Å²) in [6, 6.07) is 0. The van der Waals surface area contributed by atoms with Crippen LogP contribution in [0.1, 0.15) is 16.1 Å². The van der Waals surface area contributed by atoms with Crippen molar-refractivity contribution in [2.24, 2.45) is 0 Å². The Labute approximate surface area is 99.9 Å². The molecule has 0 fully saturated rings. The van der Waals surface area contributed by atoms with Crippen molar-refractivity contribution in [2.45, 2.75) is 6.92 Å². The molecule has 3 heterocycles. The number of anilines is 1. The summed E-state index contributed by atoms with van der Waals surface area (Å²) in [6.45, 7) is 1.81. The van der Waals surface area contributed by atoms with E-state index in [2.05, 4.69) is 15.5 Å². The van der Waals surface area contributed by atoms with E-state index < -0.39 is 0 Å². The molecule has 0 aliphatic rings. The van der Waals surface area contributed by atoms with Crippen molar-refractivity contribution in [1.29, 1.82) is 0 Å². The number of thiazole rings is 1. The highest BCUT2D eigenvalue weighted by Crippen LogP contribution is 2.18. The third-order valence-electron chi connectivity index (χ3n) is 2.37. The molecule has 3 aromatic heterocycles. The van der Waals surface area contributed by atoms with Crippen LogP contribution in [0.25, 0.3) is 4.83 Å². The Morgan fingerprint density at radius 2 is 2.47 bits per heavy atom. The molecule has 0 aromatic carbocycles. The number of nitrogens with zero attached hydrogens (tertiary/aromatic N) is 3. The summed E-state index contributed by atoms with van der Waals surface area (Å²) < 4.78 is 6.49. The fraction of sp³-hybridized carbons (Fsp3) is 0.100. The molecular formula is C10H8N4O2S. The highest BCUT2D eigenvalue weighted by atomic mass is 32.1. The number of imidazole rings is 1. The summed E-state index contributed by atoms with van der Waals surface area (Å²) in [6.07, 6.45) is 4.80. The predicted octanol–water partition coefficient (Wildman–Crippen LogP) is 1.94. The van der Waals surface area contributed by atoms with E-state index in [1.165, 1.54) is 17.6 Å². The Morgan fingerprint density at radius 3 is 3.24 bits per heavy atom. The number of aryl methyl sites for hydroxylation is 1. The van der Waals surface area contributed by atoms with Crippen molar-refractivity contribution in [3.8, 4) is 0 Å². The number of carbonyl (C=O) groups excluding carboxylic acids is 1. The van der Waals surface area contributed by atoms with Gasteiger partial charge in [-0.25, -0.2) is 4.98 Å². The number of aromatic nitrogens is 3. The molecule has 0 aliphatic carbocycles. The lowest BCUT2D eigenvalue weighted by Gasteiger charge is -2.00. The van der Waals surface area contributed by atoms with Crippen LogP contribution in [0.15, 0.2) is 28.7 Å². The van der Waals surface area contributed by atoms with Crippen LogP contribution in [-0.4, -0.2) is 20.4 Å². The van der Waals surface area contributed by atoms with Crippen LogP contribution < -0.4 is 5.32 Å². The van der Waals surface area contributed by atoms with Crippen molar-refractivity contribution in [3.05, 3.63) is 35.4 Å². The molecule has 6 nitrogen and oxygen atoms in total. The first kappa shape index (κ1) is 10.0. The number of carbonyl (C=O) groups is 1. The molecule has 1 N–H and O–H groups in total. The smallest absolute Gasteiger partial charge is 0.274 e. The number of fused-ring (bicyclic) bond motifs is 1. The Bertz CT molecular complexity index is 681. The molecule has 0 saturated carbocycles. The quantitative estimate of drug-likeness (QED) is 0.752. The van der Waals surface area contributed by atoms with Gasteiger partial charge in [0.05, 0.1) is 6.20 Å². The van der Waals surface area contributed by atoms with Crippen molar-refractivity contribution in [1.82, 2.24) is 14.5 Å². The van der Waals surface area contributed by atoms with Crippen LogP contribution in [-0.2, 0) is 0 Å². The second kappa shape index (κ2) is 3.70. The first-order valence-electron chi connectivity index (χ1n) is 4.87. The maximum Gasteiger partial charge on any atom is 0.274 e. The van der Waals surface area contributed by atoms with Gasteiger partial charge in [0.25, 0.3) is 5.91 Å². The fourth-order valence-electron chi connectivity index (χ4n) is 1.47. The molecule has 0 unspecified atom stereocenters. The zero-order chi connectivity index (χ0) is 11.8. The number of rotatable bonds is 2. The summed E-state index contributed by atoms with van der Waals surface area (Å²) in [5, 5.41) is 8.17. The summed E-state index contributed by atoms with van der Waals surface area (Å²) in [7, 11) is 0. The third kappa shape index (κ3) is 1.60. The largest absolute Gasteiger partial charge is 0.362 e. The normalized spacial score (nSPS) is 10.9. The molecule has 0 bridgehead atoms. The van der Waals surface area contributed by atoms with Crippen molar-refractivity contribution in [2.75, 3.05) is 5.32 Å². The van der Waals surface area contributed by atoms with Gasteiger partial charge in [-0.15, -0.1) is 11.3 Å². The Hall–Kier alpha value is -2.15. The van der Waals surface area contributed by atoms with Gasteiger partial charge in [-0.05, 0) is 6.92 Å². The number of hydrogen-bond acceptors (Lipinski definition) is 5. The van der Waals surface area contributed by atoms with E-state index >= 15 is 0 Å². The average molecular weight is 248 g/mol. The number of amides is 1. The molecule has 1 amide bonds. The van der Waals surface area contributed by atoms with E-state index in [1.54, 1.807) is 22.3 Å². The number of nitrogens with one attached hydrogen (secondary N) is 1. The highest BCUT2D eigenvalue weighted by molar-refractivity contribution is 7.15. The third-order valence-corrected chi connectivity index (χ3v) is 3.25. The maximum atomic E-state index is 12.0. The minimum Gasteiger partial charge on any atom is -0.362 e. The summed E-state index contributed by atoms with van der Waals surface area (Å²) in [5.74, 6) is 0.209. The molecule has 0 spiro atoms. The molecule has 17 heavy (non-hydrogen) atoms. The summed E-state index contributed by atoms with van der Waals surface area (Å²) in [5.41, 5.74) is 1.32. The highest BCUT2D eigenvalue weighted by Gasteiger charge is 2.14. The fourth-order valence-corrected chi connectivity index (χ4v) is 2.30. The minimum atomic E-state index is -0.230. The van der Waals surface area contributed by atoms with Gasteiger partial charge in [0.1, 0.15) is 23.1 Å². The van der Waals surface area contributed by atoms with Gasteiger partial charge in [0.2, 0.25) is 0 Å². The lowest BCUT2D eigenvalue weighted by molar-refractivity contribution is 0.102. The average Bonchev–Trinajstić information content (AvgIpc) is 2.94. The SMILES string of the molecule is Cc1conc1NC(=O)c1csc2cncn12. The van der Waals surface area contributed by atoms with Gasteiger partial charge in [0.15, 0.2) is 5.82 Å². The second-order valence-corrected chi connectivity index (χ2v) is 4.41. The molecule has 3 rings (SSSR count). The Balaban J connectivity index is 1.93. The molecular weight excluding hydrogens is 240 g/mol. The van der Waals surface area contributed by atoms with Crippen LogP contribution in [0.2, 0.25) is 0 Å². The molecule has 0 radical (unpaired) electrons. The van der Waals surface area contributed by atoms with Crippen LogP contribution in [0.3, 0.4) is 0 Å². The molecule has 3 aromatic rings. The van der Waals surface area contributed by atoms with E-state index in [0.29, 0.717) is 11.5 Å². The predicted molar refractivity (Wildman–Crippen MR) is 62.3 cm³/mol. The standard InChI is InChI=1S/C10H8N4O2S/c1-6-3-16-13-9(6)12-10(15)7-4-17-8-2-11-5-14(7)8/h2-5H,1H3,(H,12,13,15). The zero-order valence-corrected chi connectivity index (χ0v) is 9.69. The molecule has 7 heteroatoms. The zero-order valence-electron chi connectivity index (χ0n) is 8.88. The minimum absolute atomic E-state index is 0.230.